The maximum absolute atomic E-state index is 11.9. The van der Waals surface area contributed by atoms with E-state index < -0.39 is 10.0 Å². The van der Waals surface area contributed by atoms with Gasteiger partial charge in [-0.25, -0.2) is 12.7 Å². The molecule has 0 aliphatic carbocycles. The molecule has 0 aromatic heterocycles. The van der Waals surface area contributed by atoms with Crippen LogP contribution in [0.25, 0.3) is 0 Å². The lowest BCUT2D eigenvalue weighted by Crippen LogP contribution is -2.34. The van der Waals surface area contributed by atoms with Gasteiger partial charge in [-0.2, -0.15) is 0 Å². The Morgan fingerprint density at radius 2 is 2.05 bits per heavy atom. The highest BCUT2D eigenvalue weighted by Crippen LogP contribution is 2.14. The fourth-order valence-corrected chi connectivity index (χ4v) is 2.46. The van der Waals surface area contributed by atoms with Crippen LogP contribution in [0, 0.1) is 0 Å². The van der Waals surface area contributed by atoms with Crippen LogP contribution in [0.2, 0.25) is 0 Å². The Balaban J connectivity index is 2.39. The van der Waals surface area contributed by atoms with Gasteiger partial charge < -0.3 is 15.2 Å². The molecule has 20 heavy (non-hydrogen) atoms. The van der Waals surface area contributed by atoms with Gasteiger partial charge in [-0.15, -0.1) is 0 Å². The molecule has 0 amide bonds. The van der Waals surface area contributed by atoms with Gasteiger partial charge in [0.05, 0.1) is 12.4 Å². The van der Waals surface area contributed by atoms with E-state index in [4.69, 9.17) is 15.2 Å². The predicted molar refractivity (Wildman–Crippen MR) is 79.3 cm³/mol. The van der Waals surface area contributed by atoms with Crippen molar-refractivity contribution in [3.8, 4) is 5.75 Å². The van der Waals surface area contributed by atoms with Crippen LogP contribution in [0.3, 0.4) is 0 Å². The molecule has 1 rings (SSSR count). The van der Waals surface area contributed by atoms with Gasteiger partial charge in [0.15, 0.2) is 0 Å². The Kier molecular flexibility index (Phi) is 6.77. The molecule has 0 radical (unpaired) electrons. The molecule has 7 heteroatoms. The van der Waals surface area contributed by atoms with Gasteiger partial charge in [-0.05, 0) is 19.1 Å². The first-order valence-electron chi connectivity index (χ1n) is 6.46. The summed E-state index contributed by atoms with van der Waals surface area (Å²) in [4.78, 5) is 0. The summed E-state index contributed by atoms with van der Waals surface area (Å²) in [5.74, 6) is 0.488. The SMILES string of the molecule is CCOCCN(C)S(=O)(=O)CCOc1cccc(N)c1. The van der Waals surface area contributed by atoms with E-state index in [1.165, 1.54) is 11.4 Å². The molecule has 0 bridgehead atoms. The summed E-state index contributed by atoms with van der Waals surface area (Å²) >= 11 is 0. The van der Waals surface area contributed by atoms with Crippen LogP contribution in [0.5, 0.6) is 5.75 Å². The first-order chi connectivity index (χ1) is 9.45. The van der Waals surface area contributed by atoms with Gasteiger partial charge in [0.1, 0.15) is 12.4 Å². The number of ether oxygens (including phenoxy) is 2. The molecule has 1 aromatic rings. The van der Waals surface area contributed by atoms with Gasteiger partial charge in [0.25, 0.3) is 0 Å². The second-order valence-electron chi connectivity index (χ2n) is 4.26. The van der Waals surface area contributed by atoms with Crippen molar-refractivity contribution < 1.29 is 17.9 Å². The topological polar surface area (TPSA) is 81.9 Å². The van der Waals surface area contributed by atoms with Crippen molar-refractivity contribution in [1.82, 2.24) is 4.31 Å². The van der Waals surface area contributed by atoms with E-state index in [0.29, 0.717) is 31.2 Å². The van der Waals surface area contributed by atoms with Crippen LogP contribution in [0.15, 0.2) is 24.3 Å². The van der Waals surface area contributed by atoms with E-state index in [-0.39, 0.29) is 12.4 Å². The molecule has 0 atom stereocenters. The van der Waals surface area contributed by atoms with Crippen molar-refractivity contribution in [2.24, 2.45) is 0 Å². The average Bonchev–Trinajstić information content (AvgIpc) is 2.38. The summed E-state index contributed by atoms with van der Waals surface area (Å²) in [6.45, 7) is 3.27. The van der Waals surface area contributed by atoms with Crippen molar-refractivity contribution in [3.05, 3.63) is 24.3 Å². The normalized spacial score (nSPS) is 11.8. The minimum absolute atomic E-state index is 0.0789. The number of likely N-dealkylation sites (N-methyl/N-ethyl adjacent to an activating group) is 1. The number of rotatable bonds is 9. The summed E-state index contributed by atoms with van der Waals surface area (Å²) in [6, 6.07) is 6.89. The molecule has 0 saturated heterocycles. The molecule has 0 aliphatic rings. The third-order valence-electron chi connectivity index (χ3n) is 2.70. The van der Waals surface area contributed by atoms with Crippen LogP contribution < -0.4 is 10.5 Å². The second-order valence-corrected chi connectivity index (χ2v) is 6.45. The smallest absolute Gasteiger partial charge is 0.217 e. The van der Waals surface area contributed by atoms with Crippen LogP contribution >= 0.6 is 0 Å². The van der Waals surface area contributed by atoms with Crippen molar-refractivity contribution in [2.75, 3.05) is 44.9 Å². The largest absolute Gasteiger partial charge is 0.492 e. The number of benzene rings is 1. The Morgan fingerprint density at radius 3 is 2.70 bits per heavy atom. The molecule has 0 unspecified atom stereocenters. The molecule has 0 spiro atoms. The molecule has 0 saturated carbocycles. The maximum Gasteiger partial charge on any atom is 0.217 e. The fourth-order valence-electron chi connectivity index (χ4n) is 1.50. The van der Waals surface area contributed by atoms with Crippen molar-refractivity contribution >= 4 is 15.7 Å². The van der Waals surface area contributed by atoms with Gasteiger partial charge in [-0.3, -0.25) is 0 Å². The number of anilines is 1. The predicted octanol–water partition coefficient (Wildman–Crippen LogP) is 0.946. The Bertz CT molecular complexity index is 505. The number of nitrogens with zero attached hydrogens (tertiary/aromatic N) is 1. The van der Waals surface area contributed by atoms with Crippen LogP contribution in [0.1, 0.15) is 6.92 Å². The average molecular weight is 302 g/mol. The zero-order valence-electron chi connectivity index (χ0n) is 11.9. The minimum Gasteiger partial charge on any atom is -0.492 e. The minimum atomic E-state index is -3.32. The van der Waals surface area contributed by atoms with Crippen molar-refractivity contribution in [3.63, 3.8) is 0 Å². The second kappa shape index (κ2) is 8.08. The molecule has 0 aliphatic heterocycles. The molecular weight excluding hydrogens is 280 g/mol. The number of nitrogen functional groups attached to an aromatic ring is 1. The number of sulfonamides is 1. The maximum atomic E-state index is 11.9. The third-order valence-corrected chi connectivity index (χ3v) is 4.51. The van der Waals surface area contributed by atoms with E-state index >= 15 is 0 Å². The zero-order valence-corrected chi connectivity index (χ0v) is 12.7. The van der Waals surface area contributed by atoms with E-state index in [2.05, 4.69) is 0 Å². The lowest BCUT2D eigenvalue weighted by molar-refractivity contribution is 0.138. The summed E-state index contributed by atoms with van der Waals surface area (Å²) in [5, 5.41) is 0. The summed E-state index contributed by atoms with van der Waals surface area (Å²) in [7, 11) is -1.79. The van der Waals surface area contributed by atoms with Gasteiger partial charge in [0.2, 0.25) is 10.0 Å². The molecule has 0 fully saturated rings. The third kappa shape index (κ3) is 5.77. The van der Waals surface area contributed by atoms with E-state index in [1.54, 1.807) is 24.3 Å². The Labute approximate surface area is 120 Å². The lowest BCUT2D eigenvalue weighted by Gasteiger charge is -2.17. The van der Waals surface area contributed by atoms with E-state index in [9.17, 15) is 8.42 Å². The highest BCUT2D eigenvalue weighted by Gasteiger charge is 2.17. The van der Waals surface area contributed by atoms with Crippen molar-refractivity contribution in [2.45, 2.75) is 6.92 Å². The summed E-state index contributed by atoms with van der Waals surface area (Å²) in [5.41, 5.74) is 6.19. The van der Waals surface area contributed by atoms with Crippen LogP contribution in [-0.2, 0) is 14.8 Å². The molecule has 0 heterocycles. The Hall–Kier alpha value is -1.31. The number of nitrogens with two attached hydrogens (primary N) is 1. The molecule has 1 aromatic carbocycles. The highest BCUT2D eigenvalue weighted by atomic mass is 32.2. The van der Waals surface area contributed by atoms with Crippen LogP contribution in [0.4, 0.5) is 5.69 Å². The fraction of sp³-hybridized carbons (Fsp3) is 0.538. The first-order valence-corrected chi connectivity index (χ1v) is 8.06. The molecule has 6 nitrogen and oxygen atoms in total. The van der Waals surface area contributed by atoms with E-state index in [1.807, 2.05) is 6.92 Å². The molecule has 2 N–H and O–H groups in total. The van der Waals surface area contributed by atoms with Gasteiger partial charge in [0, 0.05) is 32.0 Å². The van der Waals surface area contributed by atoms with Gasteiger partial charge in [-0.1, -0.05) is 6.07 Å². The molecular formula is C13H22N2O4S. The monoisotopic (exact) mass is 302 g/mol. The van der Waals surface area contributed by atoms with Crippen molar-refractivity contribution in [1.29, 1.82) is 0 Å². The van der Waals surface area contributed by atoms with E-state index in [0.717, 1.165) is 0 Å². The lowest BCUT2D eigenvalue weighted by atomic mass is 10.3. The number of hydrogen-bond donors (Lipinski definition) is 1. The standard InChI is InChI=1S/C13H22N2O4S/c1-3-18-8-7-15(2)20(16,17)10-9-19-13-6-4-5-12(14)11-13/h4-6,11H,3,7-10,14H2,1-2H3. The van der Waals surface area contributed by atoms with Gasteiger partial charge >= 0.3 is 0 Å². The summed E-state index contributed by atoms with van der Waals surface area (Å²) in [6.07, 6.45) is 0. The molecule has 114 valence electrons. The van der Waals surface area contributed by atoms with Crippen LogP contribution in [-0.4, -0.2) is 51.9 Å². The zero-order chi connectivity index (χ0) is 15.0. The Morgan fingerprint density at radius 1 is 1.30 bits per heavy atom. The first kappa shape index (κ1) is 16.7. The summed E-state index contributed by atoms with van der Waals surface area (Å²) < 4.78 is 35.7. The number of hydrogen-bond acceptors (Lipinski definition) is 5. The quantitative estimate of drug-likeness (QED) is 0.542. The highest BCUT2D eigenvalue weighted by molar-refractivity contribution is 7.89.